The molecule has 1 amide bonds. The molecule has 2 rings (SSSR count). The van der Waals surface area contributed by atoms with Crippen LogP contribution in [0.3, 0.4) is 0 Å². The Morgan fingerprint density at radius 1 is 1.21 bits per heavy atom. The Kier molecular flexibility index (Phi) is 5.59. The quantitative estimate of drug-likeness (QED) is 0.831. The number of rotatable bonds is 3. The summed E-state index contributed by atoms with van der Waals surface area (Å²) in [6, 6.07) is 6.11. The van der Waals surface area contributed by atoms with E-state index in [2.05, 4.69) is 29.0 Å². The van der Waals surface area contributed by atoms with Gasteiger partial charge in [-0.25, -0.2) is 4.79 Å². The monoisotopic (exact) mass is 334 g/mol. The number of nitrogen functional groups attached to an aromatic ring is 1. The smallest absolute Gasteiger partial charge is 0.412 e. The predicted octanol–water partition coefficient (Wildman–Crippen LogP) is 3.15. The van der Waals surface area contributed by atoms with E-state index in [1.165, 1.54) is 0 Å². The summed E-state index contributed by atoms with van der Waals surface area (Å²) in [4.78, 5) is 16.7. The number of nitrogens with two attached hydrogens (primary N) is 1. The van der Waals surface area contributed by atoms with Crippen molar-refractivity contribution in [3.8, 4) is 0 Å². The molecule has 134 valence electrons. The van der Waals surface area contributed by atoms with Gasteiger partial charge in [-0.2, -0.15) is 0 Å². The van der Waals surface area contributed by atoms with Gasteiger partial charge in [0.15, 0.2) is 0 Å². The molecule has 6 nitrogen and oxygen atoms in total. The molecule has 1 aromatic carbocycles. The molecule has 3 N–H and O–H groups in total. The van der Waals surface area contributed by atoms with Gasteiger partial charge < -0.3 is 15.4 Å². The maximum Gasteiger partial charge on any atom is 0.412 e. The topological polar surface area (TPSA) is 70.8 Å². The Hall–Kier alpha value is -1.95. The standard InChI is InChI=1S/C18H30N4O2/c1-13(2)21-8-10-22(11-9-21)16-12-14(6-7-15(16)19)20-17(23)24-18(3,4)5/h6-7,12-13H,8-11,19H2,1-5H3,(H,20,23). The summed E-state index contributed by atoms with van der Waals surface area (Å²) in [6.07, 6.45) is -0.456. The minimum Gasteiger partial charge on any atom is -0.444 e. The summed E-state index contributed by atoms with van der Waals surface area (Å²) in [7, 11) is 0. The number of hydrogen-bond acceptors (Lipinski definition) is 5. The second-order valence-corrected chi connectivity index (χ2v) is 7.52. The molecule has 0 bridgehead atoms. The maximum absolute atomic E-state index is 11.9. The van der Waals surface area contributed by atoms with Crippen LogP contribution >= 0.6 is 0 Å². The molecule has 0 unspecified atom stereocenters. The average Bonchev–Trinajstić information content (AvgIpc) is 2.47. The van der Waals surface area contributed by atoms with E-state index in [0.717, 1.165) is 37.6 Å². The van der Waals surface area contributed by atoms with E-state index in [-0.39, 0.29) is 0 Å². The number of nitrogens with one attached hydrogen (secondary N) is 1. The molecule has 1 aliphatic rings. The molecular weight excluding hydrogens is 304 g/mol. The number of hydrogen-bond donors (Lipinski definition) is 2. The zero-order valence-corrected chi connectivity index (χ0v) is 15.4. The molecule has 1 aliphatic heterocycles. The van der Waals surface area contributed by atoms with Gasteiger partial charge in [0.1, 0.15) is 5.60 Å². The fourth-order valence-electron chi connectivity index (χ4n) is 2.80. The molecule has 0 aromatic heterocycles. The number of nitrogens with zero attached hydrogens (tertiary/aromatic N) is 2. The van der Waals surface area contributed by atoms with E-state index in [1.807, 2.05) is 32.9 Å². The highest BCUT2D eigenvalue weighted by Gasteiger charge is 2.21. The van der Waals surface area contributed by atoms with Crippen molar-refractivity contribution in [3.05, 3.63) is 18.2 Å². The van der Waals surface area contributed by atoms with Crippen LogP contribution in [-0.4, -0.2) is 48.8 Å². The molecule has 1 saturated heterocycles. The highest BCUT2D eigenvalue weighted by Crippen LogP contribution is 2.28. The largest absolute Gasteiger partial charge is 0.444 e. The van der Waals surface area contributed by atoms with Crippen LogP contribution in [0.15, 0.2) is 18.2 Å². The highest BCUT2D eigenvalue weighted by molar-refractivity contribution is 5.87. The molecule has 0 aliphatic carbocycles. The van der Waals surface area contributed by atoms with Crippen molar-refractivity contribution < 1.29 is 9.53 Å². The number of amides is 1. The number of piperazine rings is 1. The van der Waals surface area contributed by atoms with Crippen LogP contribution in [0, 0.1) is 0 Å². The van der Waals surface area contributed by atoms with Gasteiger partial charge in [-0.1, -0.05) is 0 Å². The first kappa shape index (κ1) is 18.4. The number of carbonyl (C=O) groups excluding carboxylic acids is 1. The van der Waals surface area contributed by atoms with Gasteiger partial charge in [0, 0.05) is 37.9 Å². The summed E-state index contributed by atoms with van der Waals surface area (Å²) < 4.78 is 5.30. The van der Waals surface area contributed by atoms with Crippen LogP contribution in [0.2, 0.25) is 0 Å². The summed E-state index contributed by atoms with van der Waals surface area (Å²) in [5.74, 6) is 0. The van der Waals surface area contributed by atoms with E-state index in [9.17, 15) is 4.79 Å². The van der Waals surface area contributed by atoms with Crippen molar-refractivity contribution in [1.29, 1.82) is 0 Å². The minimum absolute atomic E-state index is 0.456. The predicted molar refractivity (Wildman–Crippen MR) is 99.6 cm³/mol. The van der Waals surface area contributed by atoms with Crippen LogP contribution < -0.4 is 16.0 Å². The first-order valence-corrected chi connectivity index (χ1v) is 8.54. The van der Waals surface area contributed by atoms with Gasteiger partial charge >= 0.3 is 6.09 Å². The lowest BCUT2D eigenvalue weighted by atomic mass is 10.2. The Balaban J connectivity index is 2.05. The first-order valence-electron chi connectivity index (χ1n) is 8.54. The lowest BCUT2D eigenvalue weighted by Crippen LogP contribution is -2.49. The Morgan fingerprint density at radius 3 is 2.38 bits per heavy atom. The SMILES string of the molecule is CC(C)N1CCN(c2cc(NC(=O)OC(C)(C)C)ccc2N)CC1. The van der Waals surface area contributed by atoms with Gasteiger partial charge in [0.25, 0.3) is 0 Å². The third kappa shape index (κ3) is 5.03. The number of ether oxygens (including phenoxy) is 1. The van der Waals surface area contributed by atoms with Crippen molar-refractivity contribution in [3.63, 3.8) is 0 Å². The molecule has 6 heteroatoms. The molecule has 1 heterocycles. The van der Waals surface area contributed by atoms with Crippen LogP contribution in [0.25, 0.3) is 0 Å². The van der Waals surface area contributed by atoms with Crippen LogP contribution in [0.4, 0.5) is 21.9 Å². The maximum atomic E-state index is 11.9. The Morgan fingerprint density at radius 2 is 1.83 bits per heavy atom. The molecule has 0 saturated carbocycles. The van der Waals surface area contributed by atoms with E-state index in [4.69, 9.17) is 10.5 Å². The second kappa shape index (κ2) is 7.30. The fraction of sp³-hybridized carbons (Fsp3) is 0.611. The van der Waals surface area contributed by atoms with Crippen LogP contribution in [0.5, 0.6) is 0 Å². The molecule has 0 spiro atoms. The third-order valence-corrected chi connectivity index (χ3v) is 4.06. The summed E-state index contributed by atoms with van der Waals surface area (Å²) in [5.41, 5.74) is 8.01. The third-order valence-electron chi connectivity index (χ3n) is 4.06. The molecule has 1 aromatic rings. The van der Waals surface area contributed by atoms with Crippen molar-refractivity contribution in [2.45, 2.75) is 46.3 Å². The second-order valence-electron chi connectivity index (χ2n) is 7.52. The van der Waals surface area contributed by atoms with Gasteiger partial charge in [-0.05, 0) is 52.8 Å². The van der Waals surface area contributed by atoms with Gasteiger partial charge in [-0.3, -0.25) is 10.2 Å². The van der Waals surface area contributed by atoms with E-state index >= 15 is 0 Å². The Labute approximate surface area is 144 Å². The van der Waals surface area contributed by atoms with Gasteiger partial charge in [0.05, 0.1) is 11.4 Å². The van der Waals surface area contributed by atoms with E-state index in [0.29, 0.717) is 11.7 Å². The molecule has 0 radical (unpaired) electrons. The highest BCUT2D eigenvalue weighted by atomic mass is 16.6. The van der Waals surface area contributed by atoms with Gasteiger partial charge in [0.2, 0.25) is 0 Å². The molecule has 24 heavy (non-hydrogen) atoms. The summed E-state index contributed by atoms with van der Waals surface area (Å²) >= 11 is 0. The van der Waals surface area contributed by atoms with Crippen molar-refractivity contribution in [2.24, 2.45) is 0 Å². The Bertz CT molecular complexity index is 573. The number of anilines is 3. The molecule has 1 fully saturated rings. The van der Waals surface area contributed by atoms with Crippen molar-refractivity contribution in [1.82, 2.24) is 4.90 Å². The van der Waals surface area contributed by atoms with Gasteiger partial charge in [-0.15, -0.1) is 0 Å². The lowest BCUT2D eigenvalue weighted by Gasteiger charge is -2.38. The average molecular weight is 334 g/mol. The lowest BCUT2D eigenvalue weighted by molar-refractivity contribution is 0.0636. The molecular formula is C18H30N4O2. The summed E-state index contributed by atoms with van der Waals surface area (Å²) in [5, 5.41) is 2.78. The summed E-state index contributed by atoms with van der Waals surface area (Å²) in [6.45, 7) is 13.8. The zero-order chi connectivity index (χ0) is 17.9. The first-order chi connectivity index (χ1) is 11.2. The fourth-order valence-corrected chi connectivity index (χ4v) is 2.80. The minimum atomic E-state index is -0.520. The zero-order valence-electron chi connectivity index (χ0n) is 15.4. The van der Waals surface area contributed by atoms with Crippen LogP contribution in [0.1, 0.15) is 34.6 Å². The van der Waals surface area contributed by atoms with Crippen molar-refractivity contribution in [2.75, 3.05) is 42.1 Å². The van der Waals surface area contributed by atoms with E-state index < -0.39 is 11.7 Å². The number of benzene rings is 1. The molecule has 0 atom stereocenters. The van der Waals surface area contributed by atoms with Crippen molar-refractivity contribution >= 4 is 23.2 Å². The van der Waals surface area contributed by atoms with E-state index in [1.54, 1.807) is 6.07 Å². The normalized spacial score (nSPS) is 16.3. The van der Waals surface area contributed by atoms with Crippen LogP contribution in [-0.2, 0) is 4.74 Å². The number of carbonyl (C=O) groups is 1.